The minimum absolute atomic E-state index is 0.0169. The summed E-state index contributed by atoms with van der Waals surface area (Å²) in [6.07, 6.45) is 0.425. The Hall–Kier alpha value is -5.23. The third kappa shape index (κ3) is 4.81. The Morgan fingerprint density at radius 3 is 2.29 bits per heavy atom. The molecule has 0 atom stereocenters. The summed E-state index contributed by atoms with van der Waals surface area (Å²) >= 11 is 0.843. The van der Waals surface area contributed by atoms with Crippen LogP contribution in [0.2, 0.25) is 0 Å². The number of carbonyl (C=O) groups excluding carboxylic acids is 2. The number of rotatable bonds is 7. The van der Waals surface area contributed by atoms with E-state index in [2.05, 4.69) is 15.4 Å². The molecule has 0 bridgehead atoms. The largest absolute Gasteiger partial charge is 0.365 e. The summed E-state index contributed by atoms with van der Waals surface area (Å²) in [7, 11) is 1.71. The van der Waals surface area contributed by atoms with Crippen molar-refractivity contribution in [2.24, 2.45) is 12.8 Å². The number of para-hydroxylation sites is 1. The Balaban J connectivity index is 1.54. The number of primary amides is 1. The summed E-state index contributed by atoms with van der Waals surface area (Å²) in [5, 5.41) is 12.2. The molecule has 0 radical (unpaired) electrons. The Morgan fingerprint density at radius 2 is 1.67 bits per heavy atom. The monoisotopic (exact) mass is 583 g/mol. The van der Waals surface area contributed by atoms with E-state index in [1.165, 1.54) is 6.07 Å². The van der Waals surface area contributed by atoms with Crippen molar-refractivity contribution < 1.29 is 18.4 Å². The molecule has 0 saturated carbocycles. The van der Waals surface area contributed by atoms with Crippen LogP contribution in [-0.2, 0) is 7.05 Å². The fourth-order valence-electron chi connectivity index (χ4n) is 4.84. The number of anilines is 1. The number of aromatic nitrogens is 5. The molecule has 4 heterocycles. The Morgan fingerprint density at radius 1 is 0.976 bits per heavy atom. The molecule has 0 saturated heterocycles. The van der Waals surface area contributed by atoms with Gasteiger partial charge in [0.05, 0.1) is 22.6 Å². The molecule has 2 aromatic carbocycles. The number of amides is 2. The van der Waals surface area contributed by atoms with E-state index in [9.17, 15) is 18.4 Å². The number of fused-ring (bicyclic) bond motifs is 1. The SMILES string of the molecule is Cc1nn(C)cc1-c1cc(C(F)F)nc2sc(C(N)=O)c(NC(=O)c3cn(-c4ccccc4)nc3-c3ccccc3)c12. The lowest BCUT2D eigenvalue weighted by molar-refractivity contribution is 0.100. The third-order valence-corrected chi connectivity index (χ3v) is 7.80. The maximum Gasteiger partial charge on any atom is 0.280 e. The van der Waals surface area contributed by atoms with Crippen molar-refractivity contribution in [3.05, 3.63) is 101 Å². The van der Waals surface area contributed by atoms with E-state index >= 15 is 0 Å². The van der Waals surface area contributed by atoms with Crippen molar-refractivity contribution in [3.63, 3.8) is 0 Å². The van der Waals surface area contributed by atoms with Gasteiger partial charge in [-0.15, -0.1) is 11.3 Å². The molecular formula is C30H23F2N7O2S. The summed E-state index contributed by atoms with van der Waals surface area (Å²) in [5.41, 5.74) is 8.92. The predicted molar refractivity (Wildman–Crippen MR) is 157 cm³/mol. The lowest BCUT2D eigenvalue weighted by atomic mass is 10.0. The Labute approximate surface area is 242 Å². The zero-order valence-electron chi connectivity index (χ0n) is 22.4. The van der Waals surface area contributed by atoms with Gasteiger partial charge in [0.1, 0.15) is 21.1 Å². The molecule has 0 fully saturated rings. The molecule has 6 rings (SSSR count). The van der Waals surface area contributed by atoms with Crippen LogP contribution in [0.25, 0.3) is 38.3 Å². The number of nitrogens with zero attached hydrogens (tertiary/aromatic N) is 5. The zero-order chi connectivity index (χ0) is 29.5. The van der Waals surface area contributed by atoms with Crippen LogP contribution in [0.1, 0.15) is 37.8 Å². The van der Waals surface area contributed by atoms with Crippen LogP contribution in [0.15, 0.2) is 79.1 Å². The molecule has 4 aromatic heterocycles. The first-order valence-electron chi connectivity index (χ1n) is 12.8. The Kier molecular flexibility index (Phi) is 6.83. The van der Waals surface area contributed by atoms with Gasteiger partial charge in [-0.25, -0.2) is 18.4 Å². The number of thiophene rings is 1. The van der Waals surface area contributed by atoms with E-state index in [4.69, 9.17) is 10.8 Å². The number of halogens is 2. The molecule has 0 unspecified atom stereocenters. The summed E-state index contributed by atoms with van der Waals surface area (Å²) in [6.45, 7) is 1.74. The van der Waals surface area contributed by atoms with Gasteiger partial charge in [-0.05, 0) is 30.7 Å². The molecule has 9 nitrogen and oxygen atoms in total. The quantitative estimate of drug-likeness (QED) is 0.234. The molecule has 210 valence electrons. The topological polar surface area (TPSA) is 121 Å². The van der Waals surface area contributed by atoms with Crippen molar-refractivity contribution >= 4 is 39.1 Å². The highest BCUT2D eigenvalue weighted by Gasteiger charge is 2.28. The van der Waals surface area contributed by atoms with Crippen LogP contribution >= 0.6 is 11.3 Å². The third-order valence-electron chi connectivity index (χ3n) is 6.70. The van der Waals surface area contributed by atoms with Crippen LogP contribution < -0.4 is 11.1 Å². The number of hydrogen-bond donors (Lipinski definition) is 2. The number of nitrogens with two attached hydrogens (primary N) is 1. The van der Waals surface area contributed by atoms with Gasteiger partial charge in [0.15, 0.2) is 0 Å². The summed E-state index contributed by atoms with van der Waals surface area (Å²) in [5.74, 6) is -1.39. The second-order valence-corrected chi connectivity index (χ2v) is 10.5. The van der Waals surface area contributed by atoms with Gasteiger partial charge in [0, 0.05) is 36.0 Å². The summed E-state index contributed by atoms with van der Waals surface area (Å²) in [6, 6.07) is 19.8. The van der Waals surface area contributed by atoms with Crippen LogP contribution in [0.3, 0.4) is 0 Å². The van der Waals surface area contributed by atoms with Crippen LogP contribution in [-0.4, -0.2) is 36.4 Å². The van der Waals surface area contributed by atoms with Crippen molar-refractivity contribution in [1.29, 1.82) is 0 Å². The minimum Gasteiger partial charge on any atom is -0.365 e. The van der Waals surface area contributed by atoms with E-state index in [1.807, 2.05) is 60.7 Å². The lowest BCUT2D eigenvalue weighted by Gasteiger charge is -2.10. The number of carbonyl (C=O) groups is 2. The molecule has 6 aromatic rings. The highest BCUT2D eigenvalue weighted by Crippen LogP contribution is 2.43. The van der Waals surface area contributed by atoms with Crippen molar-refractivity contribution in [1.82, 2.24) is 24.5 Å². The first-order valence-corrected chi connectivity index (χ1v) is 13.6. The van der Waals surface area contributed by atoms with E-state index in [1.54, 1.807) is 35.7 Å². The van der Waals surface area contributed by atoms with Crippen molar-refractivity contribution in [2.75, 3.05) is 5.32 Å². The number of aryl methyl sites for hydroxylation is 2. The number of hydrogen-bond acceptors (Lipinski definition) is 6. The van der Waals surface area contributed by atoms with E-state index in [0.717, 1.165) is 17.0 Å². The highest BCUT2D eigenvalue weighted by molar-refractivity contribution is 7.21. The van der Waals surface area contributed by atoms with Gasteiger partial charge < -0.3 is 11.1 Å². The molecule has 0 aliphatic heterocycles. The van der Waals surface area contributed by atoms with Gasteiger partial charge in [0.25, 0.3) is 18.2 Å². The van der Waals surface area contributed by atoms with Crippen LogP contribution in [0.4, 0.5) is 14.5 Å². The van der Waals surface area contributed by atoms with E-state index < -0.39 is 23.9 Å². The minimum atomic E-state index is -2.86. The average Bonchev–Trinajstić information content (AvgIpc) is 3.68. The second kappa shape index (κ2) is 10.6. The van der Waals surface area contributed by atoms with Gasteiger partial charge in [-0.1, -0.05) is 48.5 Å². The summed E-state index contributed by atoms with van der Waals surface area (Å²) < 4.78 is 30.9. The van der Waals surface area contributed by atoms with Gasteiger partial charge in [-0.3, -0.25) is 14.3 Å². The van der Waals surface area contributed by atoms with Gasteiger partial charge >= 0.3 is 0 Å². The fraction of sp³-hybridized carbons (Fsp3) is 0.100. The number of benzene rings is 2. The number of pyridine rings is 1. The number of alkyl halides is 2. The molecule has 12 heteroatoms. The van der Waals surface area contributed by atoms with Crippen molar-refractivity contribution in [2.45, 2.75) is 13.3 Å². The first-order chi connectivity index (χ1) is 20.2. The zero-order valence-corrected chi connectivity index (χ0v) is 23.2. The lowest BCUT2D eigenvalue weighted by Crippen LogP contribution is -2.17. The van der Waals surface area contributed by atoms with Gasteiger partial charge in [0.2, 0.25) is 0 Å². The molecule has 3 N–H and O–H groups in total. The normalized spacial score (nSPS) is 11.4. The van der Waals surface area contributed by atoms with Crippen LogP contribution in [0, 0.1) is 6.92 Å². The molecule has 0 aliphatic carbocycles. The van der Waals surface area contributed by atoms with Gasteiger partial charge in [-0.2, -0.15) is 10.2 Å². The Bertz CT molecular complexity index is 1960. The second-order valence-electron chi connectivity index (χ2n) is 9.54. The molecule has 0 spiro atoms. The molecule has 2 amide bonds. The summed E-state index contributed by atoms with van der Waals surface area (Å²) in [4.78, 5) is 30.8. The van der Waals surface area contributed by atoms with Crippen molar-refractivity contribution in [3.8, 4) is 28.1 Å². The molecule has 0 aliphatic rings. The average molecular weight is 584 g/mol. The highest BCUT2D eigenvalue weighted by atomic mass is 32.1. The standard InChI is InChI=1S/C30H23F2N7O2S/c1-16-20(14-38(2)36-16)19-13-22(27(31)32)34-30-23(19)25(26(42-30)28(33)40)35-29(41)21-15-39(18-11-7-4-8-12-18)37-24(21)17-9-5-3-6-10-17/h3-15,27H,1-2H3,(H2,33,40)(H,35,41). The number of nitrogens with one attached hydrogen (secondary N) is 1. The predicted octanol–water partition coefficient (Wildman–Crippen LogP) is 6.15. The van der Waals surface area contributed by atoms with Crippen LogP contribution in [0.5, 0.6) is 0 Å². The first kappa shape index (κ1) is 27.0. The fourth-order valence-corrected chi connectivity index (χ4v) is 5.86. The maximum atomic E-state index is 14.0. The molecule has 42 heavy (non-hydrogen) atoms. The van der Waals surface area contributed by atoms with E-state index in [0.29, 0.717) is 33.5 Å². The maximum absolute atomic E-state index is 14.0. The smallest absolute Gasteiger partial charge is 0.280 e. The molecular weight excluding hydrogens is 560 g/mol. The van der Waals surface area contributed by atoms with E-state index in [-0.39, 0.29) is 21.0 Å².